The first-order valence-electron chi connectivity index (χ1n) is 7.85. The molecule has 0 bridgehead atoms. The van der Waals surface area contributed by atoms with Crippen molar-refractivity contribution >= 4 is 11.6 Å². The summed E-state index contributed by atoms with van der Waals surface area (Å²) < 4.78 is 0. The molecule has 1 aromatic rings. The Morgan fingerprint density at radius 2 is 2.15 bits per heavy atom. The van der Waals surface area contributed by atoms with Crippen molar-refractivity contribution in [1.82, 2.24) is 4.90 Å². The van der Waals surface area contributed by atoms with E-state index in [-0.39, 0.29) is 5.91 Å². The van der Waals surface area contributed by atoms with Crippen LogP contribution in [0.4, 0.5) is 5.69 Å². The minimum absolute atomic E-state index is 0.122. The van der Waals surface area contributed by atoms with Crippen molar-refractivity contribution in [2.75, 3.05) is 25.0 Å². The molecular formula is C17H24N2O. The smallest absolute Gasteiger partial charge is 0.238 e. The van der Waals surface area contributed by atoms with Crippen LogP contribution >= 0.6 is 0 Å². The number of amides is 1. The Morgan fingerprint density at radius 1 is 1.30 bits per heavy atom. The molecule has 1 N–H and O–H groups in total. The maximum Gasteiger partial charge on any atom is 0.238 e. The van der Waals surface area contributed by atoms with Crippen molar-refractivity contribution in [3.63, 3.8) is 0 Å². The van der Waals surface area contributed by atoms with Gasteiger partial charge in [-0.05, 0) is 67.8 Å². The Hall–Kier alpha value is -1.35. The van der Waals surface area contributed by atoms with Gasteiger partial charge in [0.05, 0.1) is 6.54 Å². The number of aryl methyl sites for hydroxylation is 2. The highest BCUT2D eigenvalue weighted by molar-refractivity contribution is 5.92. The minimum Gasteiger partial charge on any atom is -0.325 e. The number of anilines is 1. The summed E-state index contributed by atoms with van der Waals surface area (Å²) in [6, 6.07) is 6.36. The molecule has 1 aliphatic carbocycles. The lowest BCUT2D eigenvalue weighted by Gasteiger charge is -2.30. The average molecular weight is 272 g/mol. The first-order valence-corrected chi connectivity index (χ1v) is 7.85. The van der Waals surface area contributed by atoms with Gasteiger partial charge in [0.2, 0.25) is 5.91 Å². The summed E-state index contributed by atoms with van der Waals surface area (Å²) in [6.07, 6.45) is 6.10. The second-order valence-corrected chi connectivity index (χ2v) is 6.37. The Bertz CT molecular complexity index is 498. The quantitative estimate of drug-likeness (QED) is 0.917. The van der Waals surface area contributed by atoms with Gasteiger partial charge in [-0.1, -0.05) is 13.0 Å². The number of hydrogen-bond donors (Lipinski definition) is 1. The summed E-state index contributed by atoms with van der Waals surface area (Å²) in [4.78, 5) is 14.4. The number of likely N-dealkylation sites (tertiary alicyclic amines) is 1. The lowest BCUT2D eigenvalue weighted by Crippen LogP contribution is -2.39. The van der Waals surface area contributed by atoms with Crippen LogP contribution in [0.1, 0.15) is 37.3 Å². The summed E-state index contributed by atoms with van der Waals surface area (Å²) in [5.41, 5.74) is 3.82. The Balaban J connectivity index is 1.56. The van der Waals surface area contributed by atoms with E-state index in [4.69, 9.17) is 0 Å². The van der Waals surface area contributed by atoms with Gasteiger partial charge in [0.25, 0.3) is 0 Å². The summed E-state index contributed by atoms with van der Waals surface area (Å²) in [7, 11) is 0. The van der Waals surface area contributed by atoms with Crippen molar-refractivity contribution in [3.05, 3.63) is 29.3 Å². The number of carbonyl (C=O) groups is 1. The minimum atomic E-state index is 0.122. The molecule has 20 heavy (non-hydrogen) atoms. The molecule has 108 valence electrons. The summed E-state index contributed by atoms with van der Waals surface area (Å²) in [6.45, 7) is 4.91. The third-order valence-electron chi connectivity index (χ3n) is 4.49. The molecule has 1 aromatic carbocycles. The van der Waals surface area contributed by atoms with Gasteiger partial charge >= 0.3 is 0 Å². The van der Waals surface area contributed by atoms with Crippen molar-refractivity contribution in [3.8, 4) is 0 Å². The van der Waals surface area contributed by atoms with Crippen LogP contribution in [0.3, 0.4) is 0 Å². The van der Waals surface area contributed by atoms with Crippen molar-refractivity contribution in [1.29, 1.82) is 0 Å². The van der Waals surface area contributed by atoms with Crippen LogP contribution in [-0.4, -0.2) is 30.4 Å². The zero-order valence-electron chi connectivity index (χ0n) is 12.3. The Labute approximate surface area is 121 Å². The third kappa shape index (κ3) is 3.21. The molecule has 0 aromatic heterocycles. The van der Waals surface area contributed by atoms with E-state index in [2.05, 4.69) is 29.3 Å². The van der Waals surface area contributed by atoms with E-state index in [0.717, 1.165) is 31.1 Å². The molecule has 2 aliphatic rings. The molecule has 0 saturated carbocycles. The average Bonchev–Trinajstić information content (AvgIpc) is 2.86. The molecule has 0 radical (unpaired) electrons. The fraction of sp³-hybridized carbons (Fsp3) is 0.588. The number of carbonyl (C=O) groups excluding carboxylic acids is 1. The van der Waals surface area contributed by atoms with Crippen LogP contribution < -0.4 is 5.32 Å². The van der Waals surface area contributed by atoms with E-state index in [1.165, 1.54) is 36.8 Å². The summed E-state index contributed by atoms with van der Waals surface area (Å²) in [5.74, 6) is 0.841. The number of nitrogens with one attached hydrogen (secondary N) is 1. The molecule has 1 fully saturated rings. The molecular weight excluding hydrogens is 248 g/mol. The molecule has 1 saturated heterocycles. The molecule has 1 aliphatic heterocycles. The van der Waals surface area contributed by atoms with Crippen LogP contribution in [0, 0.1) is 5.92 Å². The first-order chi connectivity index (χ1) is 9.70. The van der Waals surface area contributed by atoms with Gasteiger partial charge in [-0.2, -0.15) is 0 Å². The molecule has 0 spiro atoms. The predicted molar refractivity (Wildman–Crippen MR) is 81.9 cm³/mol. The standard InChI is InChI=1S/C17H24N2O/c1-13-4-3-9-19(11-13)12-17(20)18-16-8-7-14-5-2-6-15(14)10-16/h7-8,10,13H,2-6,9,11-12H2,1H3,(H,18,20). The van der Waals surface area contributed by atoms with Crippen LogP contribution in [0.15, 0.2) is 18.2 Å². The number of benzene rings is 1. The van der Waals surface area contributed by atoms with E-state index in [9.17, 15) is 4.79 Å². The molecule has 3 heteroatoms. The fourth-order valence-corrected chi connectivity index (χ4v) is 3.48. The van der Waals surface area contributed by atoms with Gasteiger partial charge in [0, 0.05) is 12.2 Å². The lowest BCUT2D eigenvalue weighted by molar-refractivity contribution is -0.117. The van der Waals surface area contributed by atoms with Gasteiger partial charge in [0.1, 0.15) is 0 Å². The summed E-state index contributed by atoms with van der Waals surface area (Å²) in [5, 5.41) is 3.05. The Morgan fingerprint density at radius 3 is 3.00 bits per heavy atom. The number of fused-ring (bicyclic) bond motifs is 1. The van der Waals surface area contributed by atoms with Gasteiger partial charge in [0.15, 0.2) is 0 Å². The molecule has 1 atom stereocenters. The topological polar surface area (TPSA) is 32.3 Å². The predicted octanol–water partition coefficient (Wildman–Crippen LogP) is 2.85. The zero-order valence-corrected chi connectivity index (χ0v) is 12.3. The molecule has 3 nitrogen and oxygen atoms in total. The number of rotatable bonds is 3. The number of nitrogens with zero attached hydrogens (tertiary/aromatic N) is 1. The van der Waals surface area contributed by atoms with Gasteiger partial charge in [-0.3, -0.25) is 9.69 Å². The van der Waals surface area contributed by atoms with Crippen LogP contribution in [0.25, 0.3) is 0 Å². The SMILES string of the molecule is CC1CCCN(CC(=O)Nc2ccc3c(c2)CCC3)C1. The van der Waals surface area contributed by atoms with E-state index >= 15 is 0 Å². The van der Waals surface area contributed by atoms with Crippen LogP contribution in [0.2, 0.25) is 0 Å². The van der Waals surface area contributed by atoms with E-state index < -0.39 is 0 Å². The molecule has 1 unspecified atom stereocenters. The second-order valence-electron chi connectivity index (χ2n) is 6.37. The highest BCUT2D eigenvalue weighted by atomic mass is 16.2. The largest absolute Gasteiger partial charge is 0.325 e. The molecule has 1 amide bonds. The molecule has 3 rings (SSSR count). The van der Waals surface area contributed by atoms with Crippen LogP contribution in [0.5, 0.6) is 0 Å². The Kier molecular flexibility index (Phi) is 4.06. The van der Waals surface area contributed by atoms with E-state index in [1.807, 2.05) is 6.07 Å². The normalized spacial score (nSPS) is 22.6. The van der Waals surface area contributed by atoms with Crippen LogP contribution in [-0.2, 0) is 17.6 Å². The van der Waals surface area contributed by atoms with Gasteiger partial charge in [-0.15, -0.1) is 0 Å². The fourth-order valence-electron chi connectivity index (χ4n) is 3.48. The highest BCUT2D eigenvalue weighted by Crippen LogP contribution is 2.25. The second kappa shape index (κ2) is 5.96. The number of hydrogen-bond acceptors (Lipinski definition) is 2. The van der Waals surface area contributed by atoms with Crippen molar-refractivity contribution in [2.45, 2.75) is 39.0 Å². The first kappa shape index (κ1) is 13.6. The maximum absolute atomic E-state index is 12.1. The van der Waals surface area contributed by atoms with E-state index in [1.54, 1.807) is 0 Å². The van der Waals surface area contributed by atoms with Gasteiger partial charge in [-0.25, -0.2) is 0 Å². The van der Waals surface area contributed by atoms with E-state index in [0.29, 0.717) is 6.54 Å². The van der Waals surface area contributed by atoms with Crippen molar-refractivity contribution in [2.24, 2.45) is 5.92 Å². The lowest BCUT2D eigenvalue weighted by atomic mass is 10.0. The monoisotopic (exact) mass is 272 g/mol. The number of piperidine rings is 1. The zero-order chi connectivity index (χ0) is 13.9. The summed E-state index contributed by atoms with van der Waals surface area (Å²) >= 11 is 0. The van der Waals surface area contributed by atoms with Crippen molar-refractivity contribution < 1.29 is 4.79 Å². The molecule has 1 heterocycles. The van der Waals surface area contributed by atoms with Gasteiger partial charge < -0.3 is 5.32 Å². The highest BCUT2D eigenvalue weighted by Gasteiger charge is 2.19. The third-order valence-corrected chi connectivity index (χ3v) is 4.49. The maximum atomic E-state index is 12.1.